The molecule has 2 heterocycles. The van der Waals surface area contributed by atoms with Crippen molar-refractivity contribution < 1.29 is 4.74 Å². The molecule has 0 N–H and O–H groups in total. The summed E-state index contributed by atoms with van der Waals surface area (Å²) in [7, 11) is 0. The molecule has 1 aromatic heterocycles. The van der Waals surface area contributed by atoms with Crippen molar-refractivity contribution in [1.29, 1.82) is 0 Å². The summed E-state index contributed by atoms with van der Waals surface area (Å²) in [6.45, 7) is 0.611. The van der Waals surface area contributed by atoms with Crippen molar-refractivity contribution in [3.05, 3.63) is 65.5 Å². The molecule has 3 heteroatoms. The van der Waals surface area contributed by atoms with Gasteiger partial charge in [0.15, 0.2) is 0 Å². The van der Waals surface area contributed by atoms with Crippen LogP contribution >= 0.6 is 0 Å². The summed E-state index contributed by atoms with van der Waals surface area (Å²) in [5.41, 5.74) is 3.43. The minimum atomic E-state index is 0.0825. The molecule has 2 aliphatic carbocycles. The number of hydrogen-bond acceptors (Lipinski definition) is 3. The average Bonchev–Trinajstić information content (AvgIpc) is 3.32. The van der Waals surface area contributed by atoms with E-state index in [1.165, 1.54) is 75.5 Å². The molecule has 158 valence electrons. The molecule has 2 fully saturated rings. The van der Waals surface area contributed by atoms with Gasteiger partial charge in [0.1, 0.15) is 18.3 Å². The standard InChI is InChI=1S/C27H34N2O/c1-4-11-20(12-5-1)25-19-30-27(29-25)24-18-10-17-23(28-24)26(21-13-6-2-7-14-21)22-15-8-3-9-16-22/h1,4-5,10-12,17-18,21-22,25-26H,2-3,6-9,13-16,19H2/t25-/m0/s1. The maximum atomic E-state index is 6.02. The van der Waals surface area contributed by atoms with Crippen LogP contribution in [0.2, 0.25) is 0 Å². The first-order valence-corrected chi connectivity index (χ1v) is 12.1. The number of rotatable bonds is 5. The molecule has 30 heavy (non-hydrogen) atoms. The zero-order chi connectivity index (χ0) is 20.2. The van der Waals surface area contributed by atoms with Crippen molar-refractivity contribution in [2.24, 2.45) is 16.8 Å². The van der Waals surface area contributed by atoms with E-state index < -0.39 is 0 Å². The second-order valence-electron chi connectivity index (χ2n) is 9.44. The third-order valence-electron chi connectivity index (χ3n) is 7.48. The summed E-state index contributed by atoms with van der Waals surface area (Å²) in [6.07, 6.45) is 13.9. The van der Waals surface area contributed by atoms with Gasteiger partial charge in [-0.25, -0.2) is 9.98 Å². The molecule has 1 aromatic carbocycles. The van der Waals surface area contributed by atoms with Crippen LogP contribution in [0.3, 0.4) is 0 Å². The fraction of sp³-hybridized carbons (Fsp3) is 0.556. The van der Waals surface area contributed by atoms with Crippen LogP contribution in [-0.2, 0) is 4.74 Å². The highest BCUT2D eigenvalue weighted by atomic mass is 16.5. The fourth-order valence-electron chi connectivity index (χ4n) is 5.97. The summed E-state index contributed by atoms with van der Waals surface area (Å²) in [4.78, 5) is 10.1. The zero-order valence-electron chi connectivity index (χ0n) is 18.0. The van der Waals surface area contributed by atoms with E-state index in [2.05, 4.69) is 42.5 Å². The van der Waals surface area contributed by atoms with Crippen molar-refractivity contribution in [3.63, 3.8) is 0 Å². The molecule has 0 unspecified atom stereocenters. The average molecular weight is 403 g/mol. The predicted octanol–water partition coefficient (Wildman–Crippen LogP) is 6.84. The Hall–Kier alpha value is -2.16. The Morgan fingerprint density at radius 1 is 0.733 bits per heavy atom. The topological polar surface area (TPSA) is 34.5 Å². The molecule has 0 spiro atoms. The smallest absolute Gasteiger partial charge is 0.236 e. The van der Waals surface area contributed by atoms with Crippen LogP contribution in [0, 0.1) is 11.8 Å². The van der Waals surface area contributed by atoms with Crippen molar-refractivity contribution in [1.82, 2.24) is 4.98 Å². The van der Waals surface area contributed by atoms with E-state index in [-0.39, 0.29) is 6.04 Å². The SMILES string of the molecule is c1ccc([C@@H]2COC(c3cccc(C(C4CCCCC4)C4CCCCC4)n3)=N2)cc1. The number of aromatic nitrogens is 1. The third kappa shape index (κ3) is 4.31. The summed E-state index contributed by atoms with van der Waals surface area (Å²) in [5, 5.41) is 0. The molecule has 3 nitrogen and oxygen atoms in total. The molecule has 0 radical (unpaired) electrons. The Morgan fingerprint density at radius 2 is 1.40 bits per heavy atom. The Bertz CT molecular complexity index is 832. The molecule has 5 rings (SSSR count). The van der Waals surface area contributed by atoms with Gasteiger partial charge >= 0.3 is 0 Å². The van der Waals surface area contributed by atoms with Crippen LogP contribution in [-0.4, -0.2) is 17.5 Å². The number of hydrogen-bond donors (Lipinski definition) is 0. The first-order valence-electron chi connectivity index (χ1n) is 12.1. The van der Waals surface area contributed by atoms with Crippen molar-refractivity contribution in [2.75, 3.05) is 6.61 Å². The molecule has 0 amide bonds. The highest BCUT2D eigenvalue weighted by Crippen LogP contribution is 2.45. The van der Waals surface area contributed by atoms with E-state index in [0.29, 0.717) is 12.5 Å². The van der Waals surface area contributed by atoms with E-state index in [1.807, 2.05) is 6.07 Å². The number of pyridine rings is 1. The lowest BCUT2D eigenvalue weighted by Crippen LogP contribution is -2.26. The van der Waals surface area contributed by atoms with Gasteiger partial charge in [-0.15, -0.1) is 0 Å². The Balaban J connectivity index is 1.42. The molecule has 1 atom stereocenters. The van der Waals surface area contributed by atoms with Crippen LogP contribution in [0.15, 0.2) is 53.5 Å². The quantitative estimate of drug-likeness (QED) is 0.548. The Kier molecular flexibility index (Phi) is 6.15. The highest BCUT2D eigenvalue weighted by molar-refractivity contribution is 5.93. The van der Waals surface area contributed by atoms with Gasteiger partial charge in [0.25, 0.3) is 0 Å². The number of nitrogens with zero attached hydrogens (tertiary/aromatic N) is 2. The summed E-state index contributed by atoms with van der Waals surface area (Å²) in [6, 6.07) is 17.1. The van der Waals surface area contributed by atoms with Crippen molar-refractivity contribution in [3.8, 4) is 0 Å². The van der Waals surface area contributed by atoms with Gasteiger partial charge < -0.3 is 4.74 Å². The minimum absolute atomic E-state index is 0.0825. The van der Waals surface area contributed by atoms with E-state index >= 15 is 0 Å². The van der Waals surface area contributed by atoms with Crippen molar-refractivity contribution >= 4 is 5.90 Å². The van der Waals surface area contributed by atoms with Gasteiger partial charge in [-0.1, -0.05) is 74.9 Å². The first-order chi connectivity index (χ1) is 14.9. The summed E-state index contributed by atoms with van der Waals surface area (Å²) < 4.78 is 6.02. The largest absolute Gasteiger partial charge is 0.474 e. The van der Waals surface area contributed by atoms with Gasteiger partial charge in [-0.3, -0.25) is 0 Å². The van der Waals surface area contributed by atoms with Gasteiger partial charge in [0.2, 0.25) is 5.90 Å². The zero-order valence-corrected chi connectivity index (χ0v) is 18.0. The maximum Gasteiger partial charge on any atom is 0.236 e. The predicted molar refractivity (Wildman–Crippen MR) is 122 cm³/mol. The highest BCUT2D eigenvalue weighted by Gasteiger charge is 2.34. The van der Waals surface area contributed by atoms with E-state index in [9.17, 15) is 0 Å². The van der Waals surface area contributed by atoms with Crippen LogP contribution in [0.4, 0.5) is 0 Å². The molecule has 0 bridgehead atoms. The molecule has 1 aliphatic heterocycles. The molecule has 0 saturated heterocycles. The van der Waals surface area contributed by atoms with E-state index in [1.54, 1.807) is 0 Å². The Morgan fingerprint density at radius 3 is 2.07 bits per heavy atom. The molecule has 3 aliphatic rings. The van der Waals surface area contributed by atoms with Gasteiger partial charge in [-0.05, 0) is 55.2 Å². The molecule has 2 saturated carbocycles. The Labute approximate surface area is 181 Å². The lowest BCUT2D eigenvalue weighted by atomic mass is 9.68. The number of benzene rings is 1. The van der Waals surface area contributed by atoms with Gasteiger partial charge in [0.05, 0.1) is 0 Å². The summed E-state index contributed by atoms with van der Waals surface area (Å²) in [5.74, 6) is 2.93. The van der Waals surface area contributed by atoms with Crippen LogP contribution < -0.4 is 0 Å². The van der Waals surface area contributed by atoms with Crippen molar-refractivity contribution in [2.45, 2.75) is 76.2 Å². The number of ether oxygens (including phenoxy) is 1. The molecular formula is C27H34N2O. The second kappa shape index (κ2) is 9.32. The van der Waals surface area contributed by atoms with Crippen LogP contribution in [0.1, 0.15) is 93.1 Å². The van der Waals surface area contributed by atoms with Crippen LogP contribution in [0.25, 0.3) is 0 Å². The summed E-state index contributed by atoms with van der Waals surface area (Å²) >= 11 is 0. The van der Waals surface area contributed by atoms with Gasteiger partial charge in [-0.2, -0.15) is 0 Å². The number of aliphatic imine (C=N–C) groups is 1. The lowest BCUT2D eigenvalue weighted by molar-refractivity contribution is 0.199. The fourth-order valence-corrected chi connectivity index (χ4v) is 5.97. The van der Waals surface area contributed by atoms with Crippen LogP contribution in [0.5, 0.6) is 0 Å². The van der Waals surface area contributed by atoms with E-state index in [0.717, 1.165) is 23.4 Å². The maximum absolute atomic E-state index is 6.02. The second-order valence-corrected chi connectivity index (χ2v) is 9.44. The molecular weight excluding hydrogens is 368 g/mol. The third-order valence-corrected chi connectivity index (χ3v) is 7.48. The monoisotopic (exact) mass is 402 g/mol. The normalized spacial score (nSPS) is 23.4. The lowest BCUT2D eigenvalue weighted by Gasteiger charge is -2.37. The minimum Gasteiger partial charge on any atom is -0.474 e. The van der Waals surface area contributed by atoms with Gasteiger partial charge in [0, 0.05) is 11.6 Å². The van der Waals surface area contributed by atoms with E-state index in [4.69, 9.17) is 14.7 Å². The first kappa shape index (κ1) is 19.8. The molecule has 2 aromatic rings.